The van der Waals surface area contributed by atoms with Gasteiger partial charge < -0.3 is 30.4 Å². The number of nitrogens with one attached hydrogen (secondary N) is 1. The van der Waals surface area contributed by atoms with E-state index in [0.29, 0.717) is 37.7 Å². The van der Waals surface area contributed by atoms with Gasteiger partial charge in [-0.25, -0.2) is 0 Å². The molecule has 0 saturated heterocycles. The van der Waals surface area contributed by atoms with E-state index < -0.39 is 12.1 Å². The second kappa shape index (κ2) is 15.8. The molecule has 0 spiro atoms. The van der Waals surface area contributed by atoms with E-state index in [2.05, 4.69) is 52.9 Å². The molecule has 4 N–H and O–H groups in total. The Morgan fingerprint density at radius 3 is 2.38 bits per heavy atom. The maximum absolute atomic E-state index is 13.3. The molecule has 0 heterocycles. The zero-order valence-corrected chi connectivity index (χ0v) is 25.8. The summed E-state index contributed by atoms with van der Waals surface area (Å²) in [7, 11) is 3.33. The number of aliphatic hydroxyl groups excluding tert-OH is 1. The number of hydrogen-bond acceptors (Lipinski definition) is 6. The van der Waals surface area contributed by atoms with E-state index in [-0.39, 0.29) is 35.1 Å². The summed E-state index contributed by atoms with van der Waals surface area (Å²) in [4.78, 5) is 13.3. The summed E-state index contributed by atoms with van der Waals surface area (Å²) in [5, 5.41) is 14.5. The van der Waals surface area contributed by atoms with Crippen LogP contribution in [0.25, 0.3) is 0 Å². The molecular formula is C32H56N2O5. The molecule has 1 aliphatic rings. The Kier molecular flexibility index (Phi) is 13.5. The summed E-state index contributed by atoms with van der Waals surface area (Å²) in [5.41, 5.74) is 7.86. The quantitative estimate of drug-likeness (QED) is 0.227. The highest BCUT2D eigenvalue weighted by atomic mass is 16.5. The smallest absolute Gasteiger partial charge is 0.223 e. The van der Waals surface area contributed by atoms with Crippen molar-refractivity contribution < 1.29 is 24.1 Å². The molecule has 1 aromatic carbocycles. The minimum Gasteiger partial charge on any atom is -0.493 e. The Morgan fingerprint density at radius 2 is 1.82 bits per heavy atom. The second-order valence-corrected chi connectivity index (χ2v) is 12.9. The van der Waals surface area contributed by atoms with Gasteiger partial charge in [-0.2, -0.15) is 0 Å². The molecule has 0 radical (unpaired) electrons. The molecular weight excluding hydrogens is 492 g/mol. The first-order valence-corrected chi connectivity index (χ1v) is 14.9. The van der Waals surface area contributed by atoms with E-state index in [4.69, 9.17) is 19.9 Å². The van der Waals surface area contributed by atoms with Crippen LogP contribution >= 0.6 is 0 Å². The zero-order valence-electron chi connectivity index (χ0n) is 25.8. The summed E-state index contributed by atoms with van der Waals surface area (Å²) in [6.07, 6.45) is 5.24. The van der Waals surface area contributed by atoms with Gasteiger partial charge in [0.05, 0.1) is 19.8 Å². The van der Waals surface area contributed by atoms with E-state index in [0.717, 1.165) is 43.4 Å². The normalized spacial score (nSPS) is 20.1. The number of rotatable bonds is 17. The molecule has 224 valence electrons. The van der Waals surface area contributed by atoms with Crippen molar-refractivity contribution in [2.75, 3.05) is 27.4 Å². The van der Waals surface area contributed by atoms with Crippen molar-refractivity contribution >= 4 is 5.91 Å². The van der Waals surface area contributed by atoms with Crippen LogP contribution in [0.1, 0.15) is 85.6 Å². The van der Waals surface area contributed by atoms with Crippen LogP contribution in [-0.4, -0.2) is 56.6 Å². The lowest BCUT2D eigenvalue weighted by Gasteiger charge is -2.32. The Balaban J connectivity index is 2.03. The van der Waals surface area contributed by atoms with Gasteiger partial charge in [0.25, 0.3) is 0 Å². The maximum Gasteiger partial charge on any atom is 0.223 e. The van der Waals surface area contributed by atoms with Gasteiger partial charge in [-0.05, 0) is 73.0 Å². The van der Waals surface area contributed by atoms with Crippen LogP contribution in [0.15, 0.2) is 18.2 Å². The largest absolute Gasteiger partial charge is 0.493 e. The molecule has 0 unspecified atom stereocenters. The molecule has 7 nitrogen and oxygen atoms in total. The average Bonchev–Trinajstić information content (AvgIpc) is 3.21. The Morgan fingerprint density at radius 1 is 1.10 bits per heavy atom. The third-order valence-electron chi connectivity index (χ3n) is 8.70. The van der Waals surface area contributed by atoms with E-state index in [1.165, 1.54) is 0 Å². The highest BCUT2D eigenvalue weighted by Gasteiger charge is 2.37. The molecule has 1 aromatic rings. The molecule has 7 heteroatoms. The molecule has 2 rings (SSSR count). The van der Waals surface area contributed by atoms with E-state index >= 15 is 0 Å². The fourth-order valence-corrected chi connectivity index (χ4v) is 5.74. The number of benzene rings is 1. The van der Waals surface area contributed by atoms with Gasteiger partial charge in [0.1, 0.15) is 0 Å². The summed E-state index contributed by atoms with van der Waals surface area (Å²) in [6, 6.07) is 5.86. The molecule has 1 fully saturated rings. The van der Waals surface area contributed by atoms with Crippen LogP contribution in [-0.2, 0) is 16.0 Å². The topological polar surface area (TPSA) is 103 Å². The van der Waals surface area contributed by atoms with Gasteiger partial charge >= 0.3 is 0 Å². The molecule has 0 aromatic heterocycles. The van der Waals surface area contributed by atoms with Crippen molar-refractivity contribution in [1.82, 2.24) is 5.32 Å². The number of nitrogens with two attached hydrogens (primary N) is 1. The Labute approximate surface area is 237 Å². The van der Waals surface area contributed by atoms with Crippen molar-refractivity contribution in [3.05, 3.63) is 23.8 Å². The first kappa shape index (κ1) is 33.4. The summed E-state index contributed by atoms with van der Waals surface area (Å²) < 4.78 is 16.6. The monoisotopic (exact) mass is 548 g/mol. The predicted octanol–water partition coefficient (Wildman–Crippen LogP) is 5.36. The molecule has 0 aliphatic heterocycles. The first-order valence-electron chi connectivity index (χ1n) is 14.9. The maximum atomic E-state index is 13.3. The van der Waals surface area contributed by atoms with Gasteiger partial charge in [-0.3, -0.25) is 4.79 Å². The lowest BCUT2D eigenvalue weighted by molar-refractivity contribution is -0.129. The predicted molar refractivity (Wildman–Crippen MR) is 158 cm³/mol. The Hall–Kier alpha value is -1.83. The Bertz CT molecular complexity index is 872. The van der Waals surface area contributed by atoms with Crippen LogP contribution in [0.5, 0.6) is 11.5 Å². The van der Waals surface area contributed by atoms with Crippen LogP contribution in [0.2, 0.25) is 0 Å². The molecule has 39 heavy (non-hydrogen) atoms. The van der Waals surface area contributed by atoms with Gasteiger partial charge in [0, 0.05) is 38.1 Å². The summed E-state index contributed by atoms with van der Waals surface area (Å²) >= 11 is 0. The van der Waals surface area contributed by atoms with Crippen LogP contribution < -0.4 is 20.5 Å². The minimum absolute atomic E-state index is 0.0490. The fraction of sp³-hybridized carbons (Fsp3) is 0.781. The summed E-state index contributed by atoms with van der Waals surface area (Å²) in [5.74, 6) is 2.00. The zero-order chi connectivity index (χ0) is 29.2. The molecule has 1 aliphatic carbocycles. The lowest BCUT2D eigenvalue weighted by atomic mass is 9.80. The number of carbonyl (C=O) groups is 1. The highest BCUT2D eigenvalue weighted by molar-refractivity contribution is 5.79. The number of hydrogen-bond donors (Lipinski definition) is 3. The highest BCUT2D eigenvalue weighted by Crippen LogP contribution is 2.38. The first-order chi connectivity index (χ1) is 18.4. The number of ether oxygens (including phenoxy) is 3. The SMILES string of the molecule is COCCCOc1cc(C[C@@H](C[C@H](N)[C@@H](O)C[C@H](C(=O)N[C@H]2CCCC2(C)C)C(C)C)C(C)C)ccc1OC. The van der Waals surface area contributed by atoms with Crippen molar-refractivity contribution in [3.8, 4) is 11.5 Å². The van der Waals surface area contributed by atoms with Gasteiger partial charge in [0.15, 0.2) is 11.5 Å². The average molecular weight is 549 g/mol. The van der Waals surface area contributed by atoms with Crippen LogP contribution in [0.4, 0.5) is 0 Å². The number of methoxy groups -OCH3 is 2. The number of aliphatic hydroxyl groups is 1. The van der Waals surface area contributed by atoms with Crippen LogP contribution in [0.3, 0.4) is 0 Å². The van der Waals surface area contributed by atoms with Crippen LogP contribution in [0, 0.1) is 29.1 Å². The minimum atomic E-state index is -0.739. The van der Waals surface area contributed by atoms with Gasteiger partial charge in [0.2, 0.25) is 5.91 Å². The van der Waals surface area contributed by atoms with Crippen molar-refractivity contribution in [2.45, 2.75) is 105 Å². The van der Waals surface area contributed by atoms with Crippen molar-refractivity contribution in [3.63, 3.8) is 0 Å². The molecule has 0 bridgehead atoms. The fourth-order valence-electron chi connectivity index (χ4n) is 5.74. The molecule has 1 saturated carbocycles. The van der Waals surface area contributed by atoms with Crippen molar-refractivity contribution in [1.29, 1.82) is 0 Å². The number of carbonyl (C=O) groups excluding carboxylic acids is 1. The standard InChI is InChI=1S/C32H56N2O5/c1-21(2)24(17-23-12-13-28(38-8)29(18-23)39-16-10-15-37-7)19-26(33)27(35)20-25(22(3)4)31(36)34-30-11-9-14-32(30,5)6/h12-13,18,21-22,24-27,30,35H,9-11,14-17,19-20,33H2,1-8H3,(H,34,36)/t24-,25-,26-,27-,30-/m0/s1. The van der Waals surface area contributed by atoms with E-state index in [1.807, 2.05) is 12.1 Å². The second-order valence-electron chi connectivity index (χ2n) is 12.9. The van der Waals surface area contributed by atoms with Gasteiger partial charge in [-0.1, -0.05) is 54.0 Å². The third-order valence-corrected chi connectivity index (χ3v) is 8.70. The third kappa shape index (κ3) is 10.3. The van der Waals surface area contributed by atoms with E-state index in [1.54, 1.807) is 14.2 Å². The molecule has 1 amide bonds. The van der Waals surface area contributed by atoms with Gasteiger partial charge in [-0.15, -0.1) is 0 Å². The van der Waals surface area contributed by atoms with Crippen molar-refractivity contribution in [2.24, 2.45) is 34.8 Å². The number of amides is 1. The summed E-state index contributed by atoms with van der Waals surface area (Å²) in [6.45, 7) is 14.2. The lowest BCUT2D eigenvalue weighted by Crippen LogP contribution is -2.47. The molecule has 5 atom stereocenters. The van der Waals surface area contributed by atoms with E-state index in [9.17, 15) is 9.90 Å².